The van der Waals surface area contributed by atoms with Gasteiger partial charge in [0.05, 0.1) is 0 Å². The number of piperidine rings is 1. The Morgan fingerprint density at radius 3 is 2.31 bits per heavy atom. The minimum absolute atomic E-state index is 0.121. The van der Waals surface area contributed by atoms with E-state index >= 15 is 0 Å². The van der Waals surface area contributed by atoms with Crippen LogP contribution in [0.15, 0.2) is 72.8 Å². The Morgan fingerprint density at radius 2 is 1.55 bits per heavy atom. The predicted octanol–water partition coefficient (Wildman–Crippen LogP) is 4.37. The fourth-order valence-electron chi connectivity index (χ4n) is 4.06. The zero-order chi connectivity index (χ0) is 20.1. The highest BCUT2D eigenvalue weighted by Gasteiger charge is 2.23. The summed E-state index contributed by atoms with van der Waals surface area (Å²) in [5, 5.41) is 5.03. The second-order valence-corrected chi connectivity index (χ2v) is 7.63. The monoisotopic (exact) mass is 386 g/mol. The van der Waals surface area contributed by atoms with E-state index < -0.39 is 0 Å². The fraction of sp³-hybridized carbons (Fsp3) is 0.280. The van der Waals surface area contributed by atoms with Crippen LogP contribution in [0.3, 0.4) is 0 Å². The molecule has 0 saturated carbocycles. The third-order valence-electron chi connectivity index (χ3n) is 5.75. The Hall–Kier alpha value is -3.14. The van der Waals surface area contributed by atoms with Gasteiger partial charge in [0.2, 0.25) is 5.91 Å². The largest absolute Gasteiger partial charge is 0.352 e. The molecule has 0 bridgehead atoms. The van der Waals surface area contributed by atoms with E-state index in [9.17, 15) is 9.59 Å². The Morgan fingerprint density at radius 1 is 0.862 bits per heavy atom. The van der Waals surface area contributed by atoms with Crippen molar-refractivity contribution >= 4 is 22.6 Å². The lowest BCUT2D eigenvalue weighted by molar-refractivity contribution is -0.132. The van der Waals surface area contributed by atoms with Crippen LogP contribution in [0.2, 0.25) is 0 Å². The predicted molar refractivity (Wildman–Crippen MR) is 116 cm³/mol. The van der Waals surface area contributed by atoms with Crippen molar-refractivity contribution < 1.29 is 9.59 Å². The lowest BCUT2D eigenvalue weighted by atomic mass is 9.89. The van der Waals surface area contributed by atoms with Crippen LogP contribution in [0, 0.1) is 0 Å². The van der Waals surface area contributed by atoms with Crippen LogP contribution in [0.4, 0.5) is 0 Å². The highest BCUT2D eigenvalue weighted by Crippen LogP contribution is 2.27. The first-order valence-electron chi connectivity index (χ1n) is 10.3. The van der Waals surface area contributed by atoms with Crippen molar-refractivity contribution in [2.75, 3.05) is 19.6 Å². The van der Waals surface area contributed by atoms with Gasteiger partial charge in [-0.15, -0.1) is 0 Å². The molecule has 0 spiro atoms. The van der Waals surface area contributed by atoms with Crippen LogP contribution < -0.4 is 5.32 Å². The van der Waals surface area contributed by atoms with Crippen LogP contribution in [-0.2, 0) is 4.79 Å². The lowest BCUT2D eigenvalue weighted by Crippen LogP contribution is -2.39. The number of hydrogen-bond acceptors (Lipinski definition) is 2. The summed E-state index contributed by atoms with van der Waals surface area (Å²) >= 11 is 0. The van der Waals surface area contributed by atoms with E-state index in [2.05, 4.69) is 29.6 Å². The zero-order valence-electron chi connectivity index (χ0n) is 16.5. The van der Waals surface area contributed by atoms with Crippen molar-refractivity contribution in [1.82, 2.24) is 10.2 Å². The van der Waals surface area contributed by atoms with Crippen molar-refractivity contribution in [1.29, 1.82) is 0 Å². The second kappa shape index (κ2) is 8.91. The molecule has 1 fully saturated rings. The normalized spacial score (nSPS) is 14.7. The molecule has 1 aliphatic heterocycles. The third-order valence-corrected chi connectivity index (χ3v) is 5.75. The van der Waals surface area contributed by atoms with Crippen molar-refractivity contribution in [2.45, 2.75) is 25.2 Å². The number of amides is 2. The Balaban J connectivity index is 1.24. The number of rotatable bonds is 5. The van der Waals surface area contributed by atoms with Gasteiger partial charge in [-0.05, 0) is 47.2 Å². The molecular weight excluding hydrogens is 360 g/mol. The van der Waals surface area contributed by atoms with E-state index in [1.807, 2.05) is 53.4 Å². The van der Waals surface area contributed by atoms with Gasteiger partial charge in [-0.25, -0.2) is 0 Å². The van der Waals surface area contributed by atoms with Crippen LogP contribution in [0.5, 0.6) is 0 Å². The van der Waals surface area contributed by atoms with Gasteiger partial charge in [0.15, 0.2) is 0 Å². The summed E-state index contributed by atoms with van der Waals surface area (Å²) in [4.78, 5) is 26.9. The van der Waals surface area contributed by atoms with Crippen LogP contribution in [-0.4, -0.2) is 36.3 Å². The summed E-state index contributed by atoms with van der Waals surface area (Å²) in [5.74, 6) is 0.523. The van der Waals surface area contributed by atoms with E-state index in [-0.39, 0.29) is 11.8 Å². The topological polar surface area (TPSA) is 49.4 Å². The average molecular weight is 386 g/mol. The Labute approximate surface area is 171 Å². The van der Waals surface area contributed by atoms with Gasteiger partial charge in [-0.1, -0.05) is 60.7 Å². The minimum atomic E-state index is -0.133. The summed E-state index contributed by atoms with van der Waals surface area (Å²) in [7, 11) is 0. The molecule has 1 saturated heterocycles. The molecule has 1 aliphatic rings. The maximum absolute atomic E-state index is 12.5. The molecular formula is C25H26N2O2. The molecule has 3 aromatic rings. The number of hydrogen-bond donors (Lipinski definition) is 1. The van der Waals surface area contributed by atoms with Gasteiger partial charge < -0.3 is 10.2 Å². The molecule has 4 heteroatoms. The zero-order valence-corrected chi connectivity index (χ0v) is 16.5. The van der Waals surface area contributed by atoms with E-state index in [0.717, 1.165) is 36.7 Å². The van der Waals surface area contributed by atoms with Gasteiger partial charge in [0, 0.05) is 31.6 Å². The smallest absolute Gasteiger partial charge is 0.251 e. The summed E-state index contributed by atoms with van der Waals surface area (Å²) in [6.45, 7) is 1.94. The molecule has 3 aromatic carbocycles. The maximum atomic E-state index is 12.5. The van der Waals surface area contributed by atoms with E-state index in [1.54, 1.807) is 0 Å². The molecule has 0 aromatic heterocycles. The number of likely N-dealkylation sites (tertiary alicyclic amines) is 1. The molecule has 1 heterocycles. The number of carbonyl (C=O) groups excluding carboxylic acids is 2. The molecule has 148 valence electrons. The highest BCUT2D eigenvalue weighted by atomic mass is 16.2. The molecule has 4 nitrogen and oxygen atoms in total. The van der Waals surface area contributed by atoms with E-state index in [0.29, 0.717) is 24.4 Å². The number of carbonyl (C=O) groups is 2. The summed E-state index contributed by atoms with van der Waals surface area (Å²) in [5.41, 5.74) is 1.99. The molecule has 4 rings (SSSR count). The van der Waals surface area contributed by atoms with E-state index in [4.69, 9.17) is 0 Å². The van der Waals surface area contributed by atoms with Gasteiger partial charge in [0.1, 0.15) is 0 Å². The summed E-state index contributed by atoms with van der Waals surface area (Å²) in [6.07, 6.45) is 2.34. The molecule has 0 radical (unpaired) electrons. The van der Waals surface area contributed by atoms with Gasteiger partial charge in [-0.3, -0.25) is 9.59 Å². The summed E-state index contributed by atoms with van der Waals surface area (Å²) < 4.78 is 0. The second-order valence-electron chi connectivity index (χ2n) is 7.63. The molecule has 0 atom stereocenters. The molecule has 1 N–H and O–H groups in total. The SMILES string of the molecule is O=C(NCCC(=O)N1CCC(c2ccccc2)CC1)c1ccc2ccccc2c1. The maximum Gasteiger partial charge on any atom is 0.251 e. The first kappa shape index (κ1) is 19.2. The van der Waals surface area contributed by atoms with Crippen molar-refractivity contribution in [3.63, 3.8) is 0 Å². The first-order valence-corrected chi connectivity index (χ1v) is 10.3. The number of fused-ring (bicyclic) bond motifs is 1. The lowest BCUT2D eigenvalue weighted by Gasteiger charge is -2.32. The Bertz CT molecular complexity index is 992. The fourth-order valence-corrected chi connectivity index (χ4v) is 4.06. The van der Waals surface area contributed by atoms with Gasteiger partial charge >= 0.3 is 0 Å². The molecule has 29 heavy (non-hydrogen) atoms. The number of benzene rings is 3. The average Bonchev–Trinajstić information content (AvgIpc) is 2.79. The first-order chi connectivity index (χ1) is 14.2. The van der Waals surface area contributed by atoms with Crippen LogP contribution in [0.25, 0.3) is 10.8 Å². The minimum Gasteiger partial charge on any atom is -0.352 e. The molecule has 2 amide bonds. The van der Waals surface area contributed by atoms with Crippen LogP contribution >= 0.6 is 0 Å². The standard InChI is InChI=1S/C25H26N2O2/c28-24(27-16-13-21(14-17-27)19-6-2-1-3-7-19)12-15-26-25(29)23-11-10-20-8-4-5-9-22(20)18-23/h1-11,18,21H,12-17H2,(H,26,29). The van der Waals surface area contributed by atoms with Crippen molar-refractivity contribution in [2.24, 2.45) is 0 Å². The summed E-state index contributed by atoms with van der Waals surface area (Å²) in [6, 6.07) is 24.2. The third kappa shape index (κ3) is 4.65. The quantitative estimate of drug-likeness (QED) is 0.708. The van der Waals surface area contributed by atoms with Gasteiger partial charge in [0.25, 0.3) is 5.91 Å². The van der Waals surface area contributed by atoms with E-state index in [1.165, 1.54) is 5.56 Å². The van der Waals surface area contributed by atoms with Crippen LogP contribution in [0.1, 0.15) is 41.1 Å². The molecule has 0 aliphatic carbocycles. The highest BCUT2D eigenvalue weighted by molar-refractivity contribution is 5.98. The number of nitrogens with zero attached hydrogens (tertiary/aromatic N) is 1. The Kier molecular flexibility index (Phi) is 5.89. The number of nitrogens with one attached hydrogen (secondary N) is 1. The van der Waals surface area contributed by atoms with Crippen molar-refractivity contribution in [3.8, 4) is 0 Å². The van der Waals surface area contributed by atoms with Crippen molar-refractivity contribution in [3.05, 3.63) is 83.9 Å². The molecule has 0 unspecified atom stereocenters. The van der Waals surface area contributed by atoms with Gasteiger partial charge in [-0.2, -0.15) is 0 Å².